The molecule has 4 heteroatoms. The number of rotatable bonds is 5. The van der Waals surface area contributed by atoms with E-state index in [1.165, 1.54) is 24.3 Å². The van der Waals surface area contributed by atoms with Gasteiger partial charge in [0.1, 0.15) is 5.01 Å². The van der Waals surface area contributed by atoms with Crippen molar-refractivity contribution in [1.82, 2.24) is 10.3 Å². The van der Waals surface area contributed by atoms with Crippen molar-refractivity contribution in [3.05, 3.63) is 16.6 Å². The molecule has 1 N–H and O–H groups in total. The Labute approximate surface area is 100 Å². The van der Waals surface area contributed by atoms with E-state index in [0.29, 0.717) is 0 Å². The molecule has 0 spiro atoms. The summed E-state index contributed by atoms with van der Waals surface area (Å²) in [7, 11) is 0. The van der Waals surface area contributed by atoms with Gasteiger partial charge in [0.25, 0.3) is 0 Å². The molecule has 0 amide bonds. The molecule has 0 aliphatic heterocycles. The number of halogens is 1. The van der Waals surface area contributed by atoms with E-state index in [1.54, 1.807) is 11.3 Å². The fourth-order valence-electron chi connectivity index (χ4n) is 2.29. The van der Waals surface area contributed by atoms with Crippen molar-refractivity contribution in [3.63, 3.8) is 0 Å². The minimum atomic E-state index is 0.732. The standard InChI is InChI=1S/C11H17ClN2S/c12-6-9-2-1-3-10(9)7-13-8-11-14-4-5-15-11/h4-5,9-10,13H,1-3,6-8H2. The lowest BCUT2D eigenvalue weighted by Gasteiger charge is -2.17. The minimum absolute atomic E-state index is 0.732. The second kappa shape index (κ2) is 5.83. The number of nitrogens with zero attached hydrogens (tertiary/aromatic N) is 1. The molecule has 1 aliphatic carbocycles. The predicted molar refractivity (Wildman–Crippen MR) is 65.4 cm³/mol. The molecule has 2 nitrogen and oxygen atoms in total. The molecule has 1 fully saturated rings. The van der Waals surface area contributed by atoms with Gasteiger partial charge in [0.15, 0.2) is 0 Å². The maximum Gasteiger partial charge on any atom is 0.106 e. The Bertz CT molecular complexity index is 276. The topological polar surface area (TPSA) is 24.9 Å². The highest BCUT2D eigenvalue weighted by Crippen LogP contribution is 2.31. The summed E-state index contributed by atoms with van der Waals surface area (Å²) in [5, 5.41) is 6.68. The molecule has 2 rings (SSSR count). The number of hydrogen-bond acceptors (Lipinski definition) is 3. The maximum atomic E-state index is 5.94. The van der Waals surface area contributed by atoms with Gasteiger partial charge in [0.2, 0.25) is 0 Å². The average Bonchev–Trinajstić information content (AvgIpc) is 2.88. The number of aromatic nitrogens is 1. The summed E-state index contributed by atoms with van der Waals surface area (Å²) in [6.45, 7) is 2.00. The van der Waals surface area contributed by atoms with E-state index in [9.17, 15) is 0 Å². The number of thiazole rings is 1. The molecular formula is C11H17ClN2S. The van der Waals surface area contributed by atoms with E-state index in [4.69, 9.17) is 11.6 Å². The smallest absolute Gasteiger partial charge is 0.106 e. The summed E-state index contributed by atoms with van der Waals surface area (Å²) in [5.74, 6) is 2.33. The van der Waals surface area contributed by atoms with Crippen LogP contribution in [0.3, 0.4) is 0 Å². The van der Waals surface area contributed by atoms with Crippen LogP contribution in [0, 0.1) is 11.8 Å². The van der Waals surface area contributed by atoms with Gasteiger partial charge in [-0.05, 0) is 31.2 Å². The zero-order valence-corrected chi connectivity index (χ0v) is 10.4. The molecule has 0 bridgehead atoms. The third kappa shape index (κ3) is 3.16. The molecule has 2 atom stereocenters. The molecule has 0 saturated heterocycles. The highest BCUT2D eigenvalue weighted by molar-refractivity contribution is 7.09. The second-order valence-electron chi connectivity index (χ2n) is 4.16. The van der Waals surface area contributed by atoms with Crippen molar-refractivity contribution >= 4 is 22.9 Å². The van der Waals surface area contributed by atoms with E-state index in [2.05, 4.69) is 10.3 Å². The Morgan fingerprint density at radius 2 is 2.33 bits per heavy atom. The first kappa shape index (κ1) is 11.4. The Kier molecular flexibility index (Phi) is 4.42. The summed E-state index contributed by atoms with van der Waals surface area (Å²) in [6, 6.07) is 0. The van der Waals surface area contributed by atoms with Gasteiger partial charge in [-0.25, -0.2) is 4.98 Å². The first-order valence-corrected chi connectivity index (χ1v) is 6.96. The van der Waals surface area contributed by atoms with E-state index < -0.39 is 0 Å². The van der Waals surface area contributed by atoms with Crippen molar-refractivity contribution in [3.8, 4) is 0 Å². The van der Waals surface area contributed by atoms with E-state index >= 15 is 0 Å². The Hall–Kier alpha value is -0.120. The summed E-state index contributed by atoms with van der Waals surface area (Å²) in [5.41, 5.74) is 0. The second-order valence-corrected chi connectivity index (χ2v) is 5.45. The summed E-state index contributed by atoms with van der Waals surface area (Å²) >= 11 is 7.66. The Balaban J connectivity index is 1.69. The van der Waals surface area contributed by atoms with Crippen LogP contribution >= 0.6 is 22.9 Å². The molecule has 84 valence electrons. The lowest BCUT2D eigenvalue weighted by atomic mass is 9.98. The number of nitrogens with one attached hydrogen (secondary N) is 1. The van der Waals surface area contributed by atoms with Crippen LogP contribution in [-0.4, -0.2) is 17.4 Å². The van der Waals surface area contributed by atoms with Crippen LogP contribution in [0.2, 0.25) is 0 Å². The monoisotopic (exact) mass is 244 g/mol. The summed E-state index contributed by atoms with van der Waals surface area (Å²) < 4.78 is 0. The van der Waals surface area contributed by atoms with Gasteiger partial charge in [0.05, 0.1) is 0 Å². The molecule has 1 saturated carbocycles. The van der Waals surface area contributed by atoms with Crippen molar-refractivity contribution < 1.29 is 0 Å². The van der Waals surface area contributed by atoms with Gasteiger partial charge in [-0.3, -0.25) is 0 Å². The van der Waals surface area contributed by atoms with Crippen molar-refractivity contribution in [2.24, 2.45) is 11.8 Å². The van der Waals surface area contributed by atoms with E-state index in [-0.39, 0.29) is 0 Å². The van der Waals surface area contributed by atoms with Crippen LogP contribution in [-0.2, 0) is 6.54 Å². The van der Waals surface area contributed by atoms with Gasteiger partial charge in [-0.2, -0.15) is 0 Å². The Morgan fingerprint density at radius 1 is 1.47 bits per heavy atom. The van der Waals surface area contributed by atoms with Gasteiger partial charge in [0, 0.05) is 24.0 Å². The lowest BCUT2D eigenvalue weighted by Crippen LogP contribution is -2.25. The molecule has 1 aromatic heterocycles. The van der Waals surface area contributed by atoms with Gasteiger partial charge in [-0.15, -0.1) is 22.9 Å². The zero-order chi connectivity index (χ0) is 10.5. The SMILES string of the molecule is ClCC1CCCC1CNCc1nccs1. The maximum absolute atomic E-state index is 5.94. The minimum Gasteiger partial charge on any atom is -0.310 e. The van der Waals surface area contributed by atoms with Gasteiger partial charge >= 0.3 is 0 Å². The van der Waals surface area contributed by atoms with Crippen LogP contribution in [0.15, 0.2) is 11.6 Å². The molecule has 1 aliphatic rings. The summed E-state index contributed by atoms with van der Waals surface area (Å²) in [4.78, 5) is 4.25. The van der Waals surface area contributed by atoms with Crippen LogP contribution < -0.4 is 5.32 Å². The van der Waals surface area contributed by atoms with Crippen LogP contribution in [0.5, 0.6) is 0 Å². The number of alkyl halides is 1. The van der Waals surface area contributed by atoms with Crippen LogP contribution in [0.25, 0.3) is 0 Å². The Morgan fingerprint density at radius 3 is 3.07 bits per heavy atom. The average molecular weight is 245 g/mol. The van der Waals surface area contributed by atoms with Gasteiger partial charge in [-0.1, -0.05) is 6.42 Å². The third-order valence-electron chi connectivity index (χ3n) is 3.18. The highest BCUT2D eigenvalue weighted by atomic mass is 35.5. The molecule has 1 heterocycles. The lowest BCUT2D eigenvalue weighted by molar-refractivity contribution is 0.395. The zero-order valence-electron chi connectivity index (χ0n) is 8.79. The van der Waals surface area contributed by atoms with Crippen LogP contribution in [0.4, 0.5) is 0 Å². The van der Waals surface area contributed by atoms with E-state index in [1.807, 2.05) is 11.6 Å². The fraction of sp³-hybridized carbons (Fsp3) is 0.727. The fourth-order valence-corrected chi connectivity index (χ4v) is 3.28. The molecule has 15 heavy (non-hydrogen) atoms. The largest absolute Gasteiger partial charge is 0.310 e. The quantitative estimate of drug-likeness (QED) is 0.806. The molecule has 0 aromatic carbocycles. The van der Waals surface area contributed by atoms with Crippen LogP contribution in [0.1, 0.15) is 24.3 Å². The van der Waals surface area contributed by atoms with Crippen molar-refractivity contribution in [1.29, 1.82) is 0 Å². The summed E-state index contributed by atoms with van der Waals surface area (Å²) in [6.07, 6.45) is 5.86. The third-order valence-corrected chi connectivity index (χ3v) is 4.36. The predicted octanol–water partition coefficient (Wildman–Crippen LogP) is 2.89. The number of hydrogen-bond donors (Lipinski definition) is 1. The van der Waals surface area contributed by atoms with Gasteiger partial charge < -0.3 is 5.32 Å². The first-order valence-electron chi connectivity index (χ1n) is 5.55. The molecular weight excluding hydrogens is 228 g/mol. The molecule has 1 aromatic rings. The molecule has 0 radical (unpaired) electrons. The molecule has 2 unspecified atom stereocenters. The van der Waals surface area contributed by atoms with Crippen molar-refractivity contribution in [2.45, 2.75) is 25.8 Å². The normalized spacial score (nSPS) is 25.9. The van der Waals surface area contributed by atoms with Crippen molar-refractivity contribution in [2.75, 3.05) is 12.4 Å². The first-order chi connectivity index (χ1) is 7.40. The highest BCUT2D eigenvalue weighted by Gasteiger charge is 2.25. The van der Waals surface area contributed by atoms with E-state index in [0.717, 1.165) is 30.8 Å².